The number of carbonyl (C=O) groups is 1. The van der Waals surface area contributed by atoms with Crippen LogP contribution in [0.4, 0.5) is 10.1 Å². The summed E-state index contributed by atoms with van der Waals surface area (Å²) in [6, 6.07) is 4.24. The molecule has 27 heavy (non-hydrogen) atoms. The van der Waals surface area contributed by atoms with Crippen LogP contribution >= 0.6 is 12.4 Å². The third kappa shape index (κ3) is 4.67. The van der Waals surface area contributed by atoms with Crippen molar-refractivity contribution in [3.63, 3.8) is 0 Å². The Bertz CT molecular complexity index is 944. The Kier molecular flexibility index (Phi) is 6.63. The van der Waals surface area contributed by atoms with Crippen LogP contribution in [-0.2, 0) is 23.0 Å². The molecular formula is C17H22ClFN4O3S. The van der Waals surface area contributed by atoms with Crippen molar-refractivity contribution in [2.75, 3.05) is 11.9 Å². The quantitative estimate of drug-likeness (QED) is 0.599. The zero-order valence-corrected chi connectivity index (χ0v) is 16.6. The van der Waals surface area contributed by atoms with Gasteiger partial charge < -0.3 is 15.6 Å². The molecule has 2 heterocycles. The van der Waals surface area contributed by atoms with E-state index in [0.717, 1.165) is 5.56 Å². The minimum Gasteiger partial charge on any atom is -0.356 e. The first kappa shape index (κ1) is 21.4. The van der Waals surface area contributed by atoms with E-state index in [-0.39, 0.29) is 34.7 Å². The Labute approximate surface area is 163 Å². The molecule has 0 saturated carbocycles. The maximum absolute atomic E-state index is 14.6. The highest BCUT2D eigenvalue weighted by Gasteiger charge is 2.21. The van der Waals surface area contributed by atoms with Crippen LogP contribution in [0.5, 0.6) is 0 Å². The van der Waals surface area contributed by atoms with Gasteiger partial charge in [-0.1, -0.05) is 6.07 Å². The summed E-state index contributed by atoms with van der Waals surface area (Å²) in [6.07, 6.45) is 1.78. The Morgan fingerprint density at radius 1 is 1.30 bits per heavy atom. The fourth-order valence-electron chi connectivity index (χ4n) is 2.86. The van der Waals surface area contributed by atoms with Crippen molar-refractivity contribution < 1.29 is 17.6 Å². The van der Waals surface area contributed by atoms with E-state index in [2.05, 4.69) is 20.3 Å². The number of halogens is 2. The van der Waals surface area contributed by atoms with E-state index in [9.17, 15) is 17.6 Å². The second kappa shape index (κ2) is 8.39. The molecule has 1 aromatic carbocycles. The highest BCUT2D eigenvalue weighted by molar-refractivity contribution is 7.89. The molecule has 7 nitrogen and oxygen atoms in total. The third-order valence-electron chi connectivity index (χ3n) is 4.06. The van der Waals surface area contributed by atoms with Gasteiger partial charge in [-0.2, -0.15) is 0 Å². The Balaban J connectivity index is 0.00000261. The van der Waals surface area contributed by atoms with E-state index in [1.165, 1.54) is 18.3 Å². The van der Waals surface area contributed by atoms with Crippen molar-refractivity contribution in [2.24, 2.45) is 0 Å². The monoisotopic (exact) mass is 416 g/mol. The molecule has 10 heteroatoms. The number of amides is 1. The summed E-state index contributed by atoms with van der Waals surface area (Å²) in [5, 5.41) is 5.66. The van der Waals surface area contributed by atoms with Gasteiger partial charge in [0.25, 0.3) is 5.91 Å². The van der Waals surface area contributed by atoms with E-state index in [1.807, 2.05) is 0 Å². The van der Waals surface area contributed by atoms with E-state index in [1.54, 1.807) is 19.9 Å². The minimum absolute atomic E-state index is 0. The van der Waals surface area contributed by atoms with E-state index in [0.29, 0.717) is 25.1 Å². The molecule has 0 fully saturated rings. The van der Waals surface area contributed by atoms with Crippen LogP contribution in [0, 0.1) is 5.82 Å². The number of H-pyrrole nitrogens is 1. The topological polar surface area (TPSA) is 103 Å². The molecule has 148 valence electrons. The van der Waals surface area contributed by atoms with E-state index in [4.69, 9.17) is 0 Å². The normalized spacial score (nSPS) is 13.8. The fraction of sp³-hybridized carbons (Fsp3) is 0.353. The number of sulfonamides is 1. The maximum atomic E-state index is 14.6. The summed E-state index contributed by atoms with van der Waals surface area (Å²) in [5.41, 5.74) is 1.58. The minimum atomic E-state index is -3.71. The smallest absolute Gasteiger partial charge is 0.272 e. The van der Waals surface area contributed by atoms with Gasteiger partial charge in [-0.15, -0.1) is 12.4 Å². The van der Waals surface area contributed by atoms with Crippen LogP contribution in [0.25, 0.3) is 0 Å². The van der Waals surface area contributed by atoms with Crippen molar-refractivity contribution in [2.45, 2.75) is 37.8 Å². The summed E-state index contributed by atoms with van der Waals surface area (Å²) < 4.78 is 41.3. The Morgan fingerprint density at radius 2 is 2.04 bits per heavy atom. The van der Waals surface area contributed by atoms with Crippen molar-refractivity contribution in [3.8, 4) is 0 Å². The first-order valence-corrected chi connectivity index (χ1v) is 9.79. The lowest BCUT2D eigenvalue weighted by Crippen LogP contribution is -2.29. The lowest BCUT2D eigenvalue weighted by Gasteiger charge is -2.19. The molecule has 1 aliphatic rings. The maximum Gasteiger partial charge on any atom is 0.272 e. The molecule has 0 unspecified atom stereocenters. The summed E-state index contributed by atoms with van der Waals surface area (Å²) in [5.74, 6) is -1.05. The summed E-state index contributed by atoms with van der Waals surface area (Å²) in [6.45, 7) is 4.68. The Morgan fingerprint density at radius 3 is 2.74 bits per heavy atom. The van der Waals surface area contributed by atoms with Crippen molar-refractivity contribution in [1.82, 2.24) is 15.0 Å². The number of benzene rings is 1. The summed E-state index contributed by atoms with van der Waals surface area (Å²) in [7, 11) is -3.71. The van der Waals surface area contributed by atoms with Crippen LogP contribution < -0.4 is 15.4 Å². The Hall–Kier alpha value is -1.94. The van der Waals surface area contributed by atoms with Gasteiger partial charge in [0.1, 0.15) is 16.4 Å². The lowest BCUT2D eigenvalue weighted by atomic mass is 9.99. The van der Waals surface area contributed by atoms with Crippen LogP contribution in [0.15, 0.2) is 29.3 Å². The number of fused-ring (bicyclic) bond motifs is 1. The second-order valence-corrected chi connectivity index (χ2v) is 8.18. The van der Waals surface area contributed by atoms with Gasteiger partial charge in [0.05, 0.1) is 5.69 Å². The molecule has 0 radical (unpaired) electrons. The number of anilines is 1. The number of nitrogens with one attached hydrogen (secondary N) is 4. The predicted octanol–water partition coefficient (Wildman–Crippen LogP) is 2.16. The van der Waals surface area contributed by atoms with E-state index < -0.39 is 21.7 Å². The molecule has 1 aromatic heterocycles. The van der Waals surface area contributed by atoms with Crippen molar-refractivity contribution >= 4 is 34.0 Å². The first-order valence-electron chi connectivity index (χ1n) is 8.31. The number of carbonyl (C=O) groups excluding carboxylic acids is 1. The molecule has 0 saturated heterocycles. The molecule has 3 rings (SSSR count). The standard InChI is InChI=1S/C17H21FN4O3S.ClH/c1-10(2)22-26(24,25)12-7-15(20-9-12)17(23)21-14-4-3-11-8-19-6-5-13(11)16(14)18;/h3-4,7,9-10,19-20,22H,5-6,8H2,1-2H3,(H,21,23);1H. The molecule has 2 aromatic rings. The summed E-state index contributed by atoms with van der Waals surface area (Å²) in [4.78, 5) is 14.9. The molecular weight excluding hydrogens is 395 g/mol. The highest BCUT2D eigenvalue weighted by Crippen LogP contribution is 2.25. The molecule has 1 aliphatic heterocycles. The van der Waals surface area contributed by atoms with Gasteiger partial charge in [-0.25, -0.2) is 17.5 Å². The number of hydrogen-bond acceptors (Lipinski definition) is 4. The number of aromatic amines is 1. The van der Waals surface area contributed by atoms with Crippen molar-refractivity contribution in [3.05, 3.63) is 47.0 Å². The second-order valence-electron chi connectivity index (χ2n) is 6.47. The number of hydrogen-bond donors (Lipinski definition) is 4. The van der Waals surface area contributed by atoms with Crippen LogP contribution in [0.2, 0.25) is 0 Å². The third-order valence-corrected chi connectivity index (χ3v) is 5.70. The zero-order valence-electron chi connectivity index (χ0n) is 14.9. The first-order chi connectivity index (χ1) is 12.3. The molecule has 4 N–H and O–H groups in total. The van der Waals surface area contributed by atoms with Gasteiger partial charge in [0.2, 0.25) is 10.0 Å². The fourth-order valence-corrected chi connectivity index (χ4v) is 4.10. The number of aromatic nitrogens is 1. The highest BCUT2D eigenvalue weighted by atomic mass is 35.5. The van der Waals surface area contributed by atoms with Crippen LogP contribution in [0.1, 0.15) is 35.5 Å². The van der Waals surface area contributed by atoms with Gasteiger partial charge in [0.15, 0.2) is 0 Å². The van der Waals surface area contributed by atoms with Gasteiger partial charge >= 0.3 is 0 Å². The molecule has 0 atom stereocenters. The van der Waals surface area contributed by atoms with Gasteiger partial charge in [-0.3, -0.25) is 4.79 Å². The molecule has 1 amide bonds. The van der Waals surface area contributed by atoms with Crippen LogP contribution in [0.3, 0.4) is 0 Å². The van der Waals surface area contributed by atoms with Gasteiger partial charge in [0, 0.05) is 18.8 Å². The van der Waals surface area contributed by atoms with Crippen LogP contribution in [-0.4, -0.2) is 31.9 Å². The van der Waals surface area contributed by atoms with Crippen molar-refractivity contribution in [1.29, 1.82) is 0 Å². The molecule has 0 aliphatic carbocycles. The van der Waals surface area contributed by atoms with Gasteiger partial charge in [-0.05, 0) is 50.1 Å². The number of rotatable bonds is 5. The molecule has 0 bridgehead atoms. The average molecular weight is 417 g/mol. The largest absolute Gasteiger partial charge is 0.356 e. The predicted molar refractivity (Wildman–Crippen MR) is 103 cm³/mol. The summed E-state index contributed by atoms with van der Waals surface area (Å²) >= 11 is 0. The SMILES string of the molecule is CC(C)NS(=O)(=O)c1c[nH]c(C(=O)Nc2ccc3c(c2F)CCNC3)c1.Cl. The molecule has 0 spiro atoms. The van der Waals surface area contributed by atoms with E-state index >= 15 is 0 Å². The average Bonchev–Trinajstić information content (AvgIpc) is 3.08. The zero-order chi connectivity index (χ0) is 18.9. The lowest BCUT2D eigenvalue weighted by molar-refractivity contribution is 0.102.